The van der Waals surface area contributed by atoms with Crippen molar-refractivity contribution in [3.05, 3.63) is 5.28 Å². The number of halogens is 1. The number of ether oxygens (including phenoxy) is 8. The van der Waals surface area contributed by atoms with Crippen LogP contribution in [0.3, 0.4) is 0 Å². The lowest BCUT2D eigenvalue weighted by molar-refractivity contribution is 0.0139. The van der Waals surface area contributed by atoms with Crippen LogP contribution < -0.4 is 21.3 Å². The lowest BCUT2D eigenvalue weighted by Crippen LogP contribution is -2.33. The van der Waals surface area contributed by atoms with Crippen molar-refractivity contribution in [2.45, 2.75) is 78.4 Å². The van der Waals surface area contributed by atoms with E-state index in [2.05, 4.69) is 36.2 Å². The molecule has 296 valence electrons. The number of hydrogen-bond donors (Lipinski definition) is 4. The summed E-state index contributed by atoms with van der Waals surface area (Å²) in [5, 5.41) is 11.7. The Kier molecular flexibility index (Phi) is 26.1. The molecule has 2 amide bonds. The number of nitrogens with zero attached hydrogens (tertiary/aromatic N) is 3. The molecule has 51 heavy (non-hydrogen) atoms. The Morgan fingerprint density at radius 1 is 0.490 bits per heavy atom. The second-order valence-corrected chi connectivity index (χ2v) is 13.4. The minimum atomic E-state index is -0.505. The average molecular weight is 752 g/mol. The molecule has 0 bridgehead atoms. The quantitative estimate of drug-likeness (QED) is 0.0822. The molecule has 1 aromatic rings. The number of hydrogen-bond acceptors (Lipinski definition) is 15. The normalized spacial score (nSPS) is 11.7. The number of carbonyl (C=O) groups is 2. The molecule has 0 saturated heterocycles. The number of rotatable bonds is 30. The van der Waals surface area contributed by atoms with Crippen LogP contribution in [-0.2, 0) is 37.9 Å². The number of carbonyl (C=O) groups excluding carboxylic acids is 2. The first kappa shape index (κ1) is 46.2. The van der Waals surface area contributed by atoms with Crippen LogP contribution in [0.25, 0.3) is 0 Å². The summed E-state index contributed by atoms with van der Waals surface area (Å²) in [5.41, 5.74) is -1.01. The Morgan fingerprint density at radius 3 is 1.10 bits per heavy atom. The number of aromatic nitrogens is 3. The zero-order chi connectivity index (χ0) is 37.6. The van der Waals surface area contributed by atoms with Gasteiger partial charge in [0, 0.05) is 52.6 Å². The van der Waals surface area contributed by atoms with Gasteiger partial charge < -0.3 is 59.2 Å². The standard InChI is InChI=1S/C33H62ClN7O10/c1-32(2,3)50-30(42)37-13-9-17-46-21-25-48-23-19-44-15-7-11-35-28-39-27(34)40-29(41-28)36-12-8-16-45-20-24-49-26-22-47-18-10-14-38-31(43)51-33(4,5)6/h7-26H2,1-6H3,(H,37,42)(H,38,43)(H2,35,36,39,40,41). The first-order valence-electron chi connectivity index (χ1n) is 17.6. The summed E-state index contributed by atoms with van der Waals surface area (Å²) in [7, 11) is 0. The summed E-state index contributed by atoms with van der Waals surface area (Å²) in [5.74, 6) is 0.771. The van der Waals surface area contributed by atoms with Gasteiger partial charge in [0.1, 0.15) is 11.2 Å². The molecule has 0 unspecified atom stereocenters. The first-order valence-corrected chi connectivity index (χ1v) is 18.0. The van der Waals surface area contributed by atoms with Crippen LogP contribution in [0.2, 0.25) is 5.28 Å². The molecule has 0 aliphatic carbocycles. The molecule has 0 aromatic carbocycles. The van der Waals surface area contributed by atoms with E-state index < -0.39 is 23.4 Å². The van der Waals surface area contributed by atoms with E-state index in [1.165, 1.54) is 0 Å². The minimum Gasteiger partial charge on any atom is -0.444 e. The smallest absolute Gasteiger partial charge is 0.407 e. The molecule has 18 heteroatoms. The number of nitrogens with one attached hydrogen (secondary N) is 4. The minimum absolute atomic E-state index is 0.0969. The molecule has 0 atom stereocenters. The molecule has 1 heterocycles. The lowest BCUT2D eigenvalue weighted by atomic mass is 10.2. The van der Waals surface area contributed by atoms with Crippen molar-refractivity contribution in [2.75, 3.05) is 116 Å². The molecule has 0 aliphatic rings. The maximum Gasteiger partial charge on any atom is 0.407 e. The van der Waals surface area contributed by atoms with Gasteiger partial charge in [-0.15, -0.1) is 0 Å². The molecular formula is C33H62ClN7O10. The SMILES string of the molecule is CC(C)(C)OC(=O)NCCCOCCOCCOCCCNc1nc(Cl)nc(NCCCOCCOCCOCCCNC(=O)OC(C)(C)C)n1. The number of alkyl carbamates (subject to hydrolysis) is 2. The van der Waals surface area contributed by atoms with Gasteiger partial charge in [0.2, 0.25) is 17.2 Å². The van der Waals surface area contributed by atoms with E-state index in [0.29, 0.717) is 130 Å². The maximum atomic E-state index is 11.6. The Balaban J connectivity index is 1.92. The fourth-order valence-corrected chi connectivity index (χ4v) is 3.86. The molecule has 0 fully saturated rings. The lowest BCUT2D eigenvalue weighted by Gasteiger charge is -2.19. The van der Waals surface area contributed by atoms with Crippen LogP contribution in [0.1, 0.15) is 67.2 Å². The van der Waals surface area contributed by atoms with Crippen molar-refractivity contribution in [2.24, 2.45) is 0 Å². The monoisotopic (exact) mass is 751 g/mol. The molecule has 0 aliphatic heterocycles. The Morgan fingerprint density at radius 2 is 0.784 bits per heavy atom. The summed E-state index contributed by atoms with van der Waals surface area (Å²) in [6.45, 7) is 19.1. The van der Waals surface area contributed by atoms with Crippen molar-refractivity contribution in [1.29, 1.82) is 0 Å². The van der Waals surface area contributed by atoms with Crippen LogP contribution >= 0.6 is 11.6 Å². The molecule has 4 N–H and O–H groups in total. The van der Waals surface area contributed by atoms with Gasteiger partial charge in [-0.25, -0.2) is 9.59 Å². The molecular weight excluding hydrogens is 690 g/mol. The van der Waals surface area contributed by atoms with Crippen LogP contribution in [0.15, 0.2) is 0 Å². The summed E-state index contributed by atoms with van der Waals surface area (Å²) >= 11 is 6.06. The van der Waals surface area contributed by atoms with E-state index in [1.807, 2.05) is 41.5 Å². The fraction of sp³-hybridized carbons (Fsp3) is 0.848. The van der Waals surface area contributed by atoms with Crippen molar-refractivity contribution in [1.82, 2.24) is 25.6 Å². The third kappa shape index (κ3) is 31.6. The maximum absolute atomic E-state index is 11.6. The van der Waals surface area contributed by atoms with E-state index in [9.17, 15) is 9.59 Å². The molecule has 1 aromatic heterocycles. The highest BCUT2D eigenvalue weighted by Crippen LogP contribution is 2.10. The summed E-state index contributed by atoms with van der Waals surface area (Å²) in [6.07, 6.45) is 2.03. The molecule has 0 spiro atoms. The predicted octanol–water partition coefficient (Wildman–Crippen LogP) is 4.06. The fourth-order valence-electron chi connectivity index (χ4n) is 3.70. The Labute approximate surface area is 308 Å². The van der Waals surface area contributed by atoms with Gasteiger partial charge in [-0.05, 0) is 78.8 Å². The molecule has 0 radical (unpaired) electrons. The van der Waals surface area contributed by atoms with Crippen molar-refractivity contribution in [3.63, 3.8) is 0 Å². The highest BCUT2D eigenvalue weighted by atomic mass is 35.5. The average Bonchev–Trinajstić information content (AvgIpc) is 3.02. The molecule has 17 nitrogen and oxygen atoms in total. The van der Waals surface area contributed by atoms with Crippen molar-refractivity contribution in [3.8, 4) is 0 Å². The topological polar surface area (TPSA) is 195 Å². The Hall–Kier alpha value is -2.80. The van der Waals surface area contributed by atoms with Gasteiger partial charge in [0.05, 0.1) is 52.9 Å². The summed E-state index contributed by atoms with van der Waals surface area (Å²) < 4.78 is 43.5. The van der Waals surface area contributed by atoms with Gasteiger partial charge in [0.25, 0.3) is 0 Å². The van der Waals surface area contributed by atoms with Crippen LogP contribution in [0.4, 0.5) is 21.5 Å². The zero-order valence-electron chi connectivity index (χ0n) is 31.4. The second-order valence-electron chi connectivity index (χ2n) is 13.1. The van der Waals surface area contributed by atoms with E-state index in [0.717, 1.165) is 12.8 Å². The van der Waals surface area contributed by atoms with E-state index in [1.54, 1.807) is 0 Å². The first-order chi connectivity index (χ1) is 24.3. The molecule has 1 rings (SSSR count). The van der Waals surface area contributed by atoms with E-state index in [-0.39, 0.29) is 5.28 Å². The third-order valence-corrected chi connectivity index (χ3v) is 6.03. The number of amides is 2. The number of anilines is 2. The van der Waals surface area contributed by atoms with E-state index >= 15 is 0 Å². The highest BCUT2D eigenvalue weighted by molar-refractivity contribution is 6.28. The zero-order valence-corrected chi connectivity index (χ0v) is 32.2. The van der Waals surface area contributed by atoms with Crippen LogP contribution in [0.5, 0.6) is 0 Å². The highest BCUT2D eigenvalue weighted by Gasteiger charge is 2.16. The van der Waals surface area contributed by atoms with Crippen LogP contribution in [-0.4, -0.2) is 144 Å². The van der Waals surface area contributed by atoms with E-state index in [4.69, 9.17) is 49.5 Å². The second kappa shape index (κ2) is 28.7. The van der Waals surface area contributed by atoms with Crippen molar-refractivity contribution < 1.29 is 47.5 Å². The van der Waals surface area contributed by atoms with Gasteiger partial charge in [-0.3, -0.25) is 0 Å². The van der Waals surface area contributed by atoms with Crippen molar-refractivity contribution >= 4 is 35.7 Å². The third-order valence-electron chi connectivity index (χ3n) is 5.86. The Bertz CT molecular complexity index is 972. The van der Waals surface area contributed by atoms with Gasteiger partial charge in [0.15, 0.2) is 0 Å². The van der Waals surface area contributed by atoms with Gasteiger partial charge in [-0.2, -0.15) is 15.0 Å². The largest absolute Gasteiger partial charge is 0.444 e. The summed E-state index contributed by atoms with van der Waals surface area (Å²) in [6, 6.07) is 0. The predicted molar refractivity (Wildman–Crippen MR) is 194 cm³/mol. The van der Waals surface area contributed by atoms with Crippen LogP contribution in [0, 0.1) is 0 Å². The van der Waals surface area contributed by atoms with Gasteiger partial charge in [-0.1, -0.05) is 0 Å². The summed E-state index contributed by atoms with van der Waals surface area (Å²) in [4.78, 5) is 35.7. The van der Waals surface area contributed by atoms with Gasteiger partial charge >= 0.3 is 12.2 Å². The molecule has 0 saturated carbocycles.